The molecule has 0 amide bonds. The molecular formula is C14H18BrFO. The first-order valence-corrected chi connectivity index (χ1v) is 6.89. The summed E-state index contributed by atoms with van der Waals surface area (Å²) < 4.78 is 14.7. The van der Waals surface area contributed by atoms with Crippen LogP contribution in [0.2, 0.25) is 0 Å². The molecule has 1 aromatic rings. The van der Waals surface area contributed by atoms with Gasteiger partial charge in [0.1, 0.15) is 5.82 Å². The van der Waals surface area contributed by atoms with Gasteiger partial charge < -0.3 is 5.11 Å². The number of rotatable bonds is 1. The quantitative estimate of drug-likeness (QED) is 0.823. The Hall–Kier alpha value is -0.410. The van der Waals surface area contributed by atoms with Crippen LogP contribution in [0, 0.1) is 17.7 Å². The first-order chi connectivity index (χ1) is 7.92. The van der Waals surface area contributed by atoms with Gasteiger partial charge in [0, 0.05) is 10.0 Å². The van der Waals surface area contributed by atoms with E-state index < -0.39 is 5.60 Å². The number of hydrogen-bond acceptors (Lipinski definition) is 1. The minimum Gasteiger partial charge on any atom is -0.385 e. The fourth-order valence-electron chi connectivity index (χ4n) is 2.69. The second-order valence-electron chi connectivity index (χ2n) is 5.35. The third-order valence-corrected chi connectivity index (χ3v) is 4.57. The van der Waals surface area contributed by atoms with Crippen molar-refractivity contribution in [1.82, 2.24) is 0 Å². The second-order valence-corrected chi connectivity index (χ2v) is 6.27. The first-order valence-electron chi connectivity index (χ1n) is 6.10. The van der Waals surface area contributed by atoms with Crippen LogP contribution < -0.4 is 0 Å². The van der Waals surface area contributed by atoms with Gasteiger partial charge in [-0.2, -0.15) is 0 Å². The first kappa shape index (κ1) is 13.0. The fraction of sp³-hybridized carbons (Fsp3) is 0.571. The molecule has 1 N–H and O–H groups in total. The molecule has 3 heteroatoms. The summed E-state index contributed by atoms with van der Waals surface area (Å²) in [6.07, 6.45) is 2.23. The SMILES string of the molecule is CC1CCC(O)(c2cc(Br)ccc2F)CC1C. The minimum absolute atomic E-state index is 0.308. The van der Waals surface area contributed by atoms with Gasteiger partial charge in [-0.25, -0.2) is 4.39 Å². The van der Waals surface area contributed by atoms with E-state index in [-0.39, 0.29) is 5.82 Å². The van der Waals surface area contributed by atoms with Crippen molar-refractivity contribution >= 4 is 15.9 Å². The van der Waals surface area contributed by atoms with E-state index in [4.69, 9.17) is 0 Å². The summed E-state index contributed by atoms with van der Waals surface area (Å²) in [4.78, 5) is 0. The molecular weight excluding hydrogens is 283 g/mol. The zero-order valence-electron chi connectivity index (χ0n) is 10.2. The lowest BCUT2D eigenvalue weighted by Gasteiger charge is -2.39. The Balaban J connectivity index is 2.35. The van der Waals surface area contributed by atoms with Gasteiger partial charge in [-0.15, -0.1) is 0 Å². The monoisotopic (exact) mass is 300 g/mol. The molecule has 1 aromatic carbocycles. The van der Waals surface area contributed by atoms with E-state index in [1.807, 2.05) is 0 Å². The van der Waals surface area contributed by atoms with Crippen LogP contribution in [0.15, 0.2) is 22.7 Å². The highest BCUT2D eigenvalue weighted by Crippen LogP contribution is 2.43. The minimum atomic E-state index is -1.00. The number of benzene rings is 1. The second kappa shape index (κ2) is 4.69. The molecule has 0 radical (unpaired) electrons. The maximum atomic E-state index is 13.8. The highest BCUT2D eigenvalue weighted by molar-refractivity contribution is 9.10. The van der Waals surface area contributed by atoms with Gasteiger partial charge in [-0.1, -0.05) is 29.8 Å². The van der Waals surface area contributed by atoms with Crippen LogP contribution in [0.1, 0.15) is 38.7 Å². The normalized spacial score (nSPS) is 33.7. The van der Waals surface area contributed by atoms with E-state index in [9.17, 15) is 9.50 Å². The highest BCUT2D eigenvalue weighted by Gasteiger charge is 2.39. The molecule has 3 atom stereocenters. The maximum absolute atomic E-state index is 13.8. The van der Waals surface area contributed by atoms with Crippen molar-refractivity contribution in [2.45, 2.75) is 38.7 Å². The van der Waals surface area contributed by atoms with E-state index in [1.165, 1.54) is 6.07 Å². The molecule has 0 spiro atoms. The van der Waals surface area contributed by atoms with Crippen molar-refractivity contribution in [2.75, 3.05) is 0 Å². The van der Waals surface area contributed by atoms with Crippen molar-refractivity contribution in [3.8, 4) is 0 Å². The molecule has 0 aromatic heterocycles. The lowest BCUT2D eigenvalue weighted by molar-refractivity contribution is -0.0362. The van der Waals surface area contributed by atoms with Crippen LogP contribution in [0.3, 0.4) is 0 Å². The molecule has 0 aliphatic heterocycles. The van der Waals surface area contributed by atoms with Gasteiger partial charge in [0.15, 0.2) is 0 Å². The summed E-state index contributed by atoms with van der Waals surface area (Å²) in [5, 5.41) is 10.7. The van der Waals surface area contributed by atoms with Crippen LogP contribution in [0.4, 0.5) is 4.39 Å². The molecule has 1 fully saturated rings. The molecule has 0 bridgehead atoms. The highest BCUT2D eigenvalue weighted by atomic mass is 79.9. The summed E-state index contributed by atoms with van der Waals surface area (Å²) in [7, 11) is 0. The molecule has 1 saturated carbocycles. The predicted molar refractivity (Wildman–Crippen MR) is 70.2 cm³/mol. The van der Waals surface area contributed by atoms with Crippen LogP contribution in [-0.4, -0.2) is 5.11 Å². The molecule has 2 rings (SSSR count). The van der Waals surface area contributed by atoms with Crippen molar-refractivity contribution in [3.05, 3.63) is 34.1 Å². The molecule has 0 saturated heterocycles. The Labute approximate surface area is 110 Å². The Morgan fingerprint density at radius 2 is 2.06 bits per heavy atom. The van der Waals surface area contributed by atoms with Crippen LogP contribution in [0.5, 0.6) is 0 Å². The van der Waals surface area contributed by atoms with Crippen LogP contribution in [0.25, 0.3) is 0 Å². The third kappa shape index (κ3) is 2.55. The van der Waals surface area contributed by atoms with Gasteiger partial charge >= 0.3 is 0 Å². The standard InChI is InChI=1S/C14H18BrFO/c1-9-5-6-14(17,8-10(9)2)12-7-11(15)3-4-13(12)16/h3-4,7,9-10,17H,5-6,8H2,1-2H3. The molecule has 1 aliphatic rings. The molecule has 3 unspecified atom stereocenters. The van der Waals surface area contributed by atoms with Crippen LogP contribution >= 0.6 is 15.9 Å². The Kier molecular flexibility index (Phi) is 3.60. The van der Waals surface area contributed by atoms with E-state index >= 15 is 0 Å². The maximum Gasteiger partial charge on any atom is 0.129 e. The van der Waals surface area contributed by atoms with E-state index in [0.717, 1.165) is 10.9 Å². The molecule has 94 valence electrons. The summed E-state index contributed by atoms with van der Waals surface area (Å²) in [6, 6.07) is 4.79. The number of aliphatic hydroxyl groups is 1. The zero-order chi connectivity index (χ0) is 12.6. The van der Waals surface area contributed by atoms with Crippen molar-refractivity contribution < 1.29 is 9.50 Å². The average Bonchev–Trinajstić information content (AvgIpc) is 2.27. The van der Waals surface area contributed by atoms with E-state index in [1.54, 1.807) is 12.1 Å². The predicted octanol–water partition coefficient (Wildman–Crippen LogP) is 4.23. The fourth-order valence-corrected chi connectivity index (χ4v) is 3.05. The smallest absolute Gasteiger partial charge is 0.129 e. The van der Waals surface area contributed by atoms with Gasteiger partial charge in [0.2, 0.25) is 0 Å². The number of hydrogen-bond donors (Lipinski definition) is 1. The average molecular weight is 301 g/mol. The number of halogens is 2. The third-order valence-electron chi connectivity index (χ3n) is 4.07. The van der Waals surface area contributed by atoms with Crippen molar-refractivity contribution in [1.29, 1.82) is 0 Å². The molecule has 0 heterocycles. The molecule has 17 heavy (non-hydrogen) atoms. The summed E-state index contributed by atoms with van der Waals surface area (Å²) >= 11 is 3.34. The van der Waals surface area contributed by atoms with Gasteiger partial charge in [-0.05, 0) is 49.3 Å². The summed E-state index contributed by atoms with van der Waals surface area (Å²) in [5.74, 6) is 0.718. The molecule has 1 aliphatic carbocycles. The lowest BCUT2D eigenvalue weighted by atomic mass is 9.70. The van der Waals surface area contributed by atoms with Gasteiger partial charge in [0.25, 0.3) is 0 Å². The van der Waals surface area contributed by atoms with Gasteiger partial charge in [0.05, 0.1) is 5.60 Å². The topological polar surface area (TPSA) is 20.2 Å². The van der Waals surface area contributed by atoms with Crippen molar-refractivity contribution in [2.24, 2.45) is 11.8 Å². The van der Waals surface area contributed by atoms with E-state index in [0.29, 0.717) is 30.2 Å². The summed E-state index contributed by atoms with van der Waals surface area (Å²) in [6.45, 7) is 4.33. The lowest BCUT2D eigenvalue weighted by Crippen LogP contribution is -2.36. The Morgan fingerprint density at radius 1 is 1.35 bits per heavy atom. The Bertz CT molecular complexity index is 421. The largest absolute Gasteiger partial charge is 0.385 e. The van der Waals surface area contributed by atoms with Gasteiger partial charge in [-0.3, -0.25) is 0 Å². The summed E-state index contributed by atoms with van der Waals surface area (Å²) in [5.41, 5.74) is -0.564. The zero-order valence-corrected chi connectivity index (χ0v) is 11.8. The van der Waals surface area contributed by atoms with E-state index in [2.05, 4.69) is 29.8 Å². The Morgan fingerprint density at radius 3 is 2.71 bits per heavy atom. The molecule has 1 nitrogen and oxygen atoms in total. The van der Waals surface area contributed by atoms with Crippen LogP contribution in [-0.2, 0) is 5.60 Å². The van der Waals surface area contributed by atoms with Crippen molar-refractivity contribution in [3.63, 3.8) is 0 Å².